The molecular weight excluding hydrogens is 442 g/mol. The van der Waals surface area contributed by atoms with Crippen LogP contribution in [0, 0.1) is 5.92 Å². The topological polar surface area (TPSA) is 98.1 Å². The lowest BCUT2D eigenvalue weighted by Crippen LogP contribution is -2.35. The van der Waals surface area contributed by atoms with Crippen molar-refractivity contribution < 1.29 is 14.7 Å². The van der Waals surface area contributed by atoms with Crippen LogP contribution in [0.25, 0.3) is 0 Å². The van der Waals surface area contributed by atoms with Crippen molar-refractivity contribution in [2.45, 2.75) is 38.1 Å². The van der Waals surface area contributed by atoms with E-state index in [2.05, 4.69) is 32.3 Å². The molecule has 1 fully saturated rings. The molecule has 35 heavy (non-hydrogen) atoms. The molecule has 2 N–H and O–H groups in total. The number of aromatic nitrogens is 1. The van der Waals surface area contributed by atoms with Crippen LogP contribution in [0.4, 0.5) is 5.69 Å². The summed E-state index contributed by atoms with van der Waals surface area (Å²) in [5.41, 5.74) is 4.38. The Morgan fingerprint density at radius 3 is 2.66 bits per heavy atom. The lowest BCUT2D eigenvalue weighted by molar-refractivity contribution is -0.132. The number of benzene rings is 1. The molecule has 1 unspecified atom stereocenters. The van der Waals surface area contributed by atoms with E-state index in [4.69, 9.17) is 0 Å². The van der Waals surface area contributed by atoms with Crippen molar-refractivity contribution in [1.82, 2.24) is 15.2 Å². The van der Waals surface area contributed by atoms with Gasteiger partial charge in [-0.15, -0.1) is 0 Å². The summed E-state index contributed by atoms with van der Waals surface area (Å²) >= 11 is 0. The molecule has 1 atom stereocenters. The van der Waals surface area contributed by atoms with E-state index in [9.17, 15) is 14.7 Å². The molecule has 0 saturated carbocycles. The molecule has 5 rings (SSSR count). The molecule has 1 aromatic heterocycles. The lowest BCUT2D eigenvalue weighted by Gasteiger charge is -2.33. The van der Waals surface area contributed by atoms with E-state index in [1.807, 2.05) is 35.5 Å². The van der Waals surface area contributed by atoms with E-state index in [0.717, 1.165) is 50.8 Å². The Kier molecular flexibility index (Phi) is 6.79. The van der Waals surface area contributed by atoms with Crippen LogP contribution in [0.1, 0.15) is 53.2 Å². The second-order valence-corrected chi connectivity index (χ2v) is 9.51. The zero-order chi connectivity index (χ0) is 24.2. The second kappa shape index (κ2) is 10.3. The average Bonchev–Trinajstić information content (AvgIpc) is 3.33. The third kappa shape index (κ3) is 5.21. The molecule has 1 saturated heterocycles. The molecule has 1 amide bonds. The summed E-state index contributed by atoms with van der Waals surface area (Å²) in [6.07, 6.45) is 11.8. The Bertz CT molecular complexity index is 1140. The van der Waals surface area contributed by atoms with E-state index < -0.39 is 5.97 Å². The lowest BCUT2D eigenvalue weighted by atomic mass is 9.93. The van der Waals surface area contributed by atoms with Crippen LogP contribution < -0.4 is 10.2 Å². The van der Waals surface area contributed by atoms with E-state index in [1.54, 1.807) is 6.20 Å². The molecule has 1 aliphatic carbocycles. The number of aryl methyl sites for hydroxylation is 1. The molecule has 3 heterocycles. The summed E-state index contributed by atoms with van der Waals surface area (Å²) < 4.78 is 0. The maximum Gasteiger partial charge on any atom is 0.338 e. The van der Waals surface area contributed by atoms with Crippen LogP contribution in [0.3, 0.4) is 0 Å². The zero-order valence-electron chi connectivity index (χ0n) is 19.8. The van der Waals surface area contributed by atoms with Gasteiger partial charge < -0.3 is 20.2 Å². The molecule has 182 valence electrons. The fourth-order valence-electron chi connectivity index (χ4n) is 5.38. The number of aliphatic carboxylic acids is 1. The fraction of sp³-hybridized carbons (Fsp3) is 0.407. The summed E-state index contributed by atoms with van der Waals surface area (Å²) in [5.74, 6) is -0.411. The number of hydrogen-bond acceptors (Lipinski definition) is 6. The van der Waals surface area contributed by atoms with Crippen molar-refractivity contribution in [3.05, 3.63) is 71.2 Å². The van der Waals surface area contributed by atoms with Crippen molar-refractivity contribution in [2.75, 3.05) is 31.2 Å². The summed E-state index contributed by atoms with van der Waals surface area (Å²) in [6, 6.07) is 10.1. The van der Waals surface area contributed by atoms with Gasteiger partial charge in [0.1, 0.15) is 6.67 Å². The number of carbonyl (C=O) groups is 2. The number of piperidine rings is 1. The largest absolute Gasteiger partial charge is 0.478 e. The number of fused-ring (bicyclic) bond motifs is 1. The number of pyridine rings is 1. The minimum absolute atomic E-state index is 0.0372. The molecule has 8 heteroatoms. The van der Waals surface area contributed by atoms with Gasteiger partial charge in [-0.05, 0) is 73.4 Å². The third-order valence-corrected chi connectivity index (χ3v) is 7.36. The fourth-order valence-corrected chi connectivity index (χ4v) is 5.38. The van der Waals surface area contributed by atoms with Gasteiger partial charge in [-0.3, -0.25) is 14.8 Å². The predicted octanol–water partition coefficient (Wildman–Crippen LogP) is 3.42. The van der Waals surface area contributed by atoms with E-state index in [-0.39, 0.29) is 17.5 Å². The number of carboxylic acids is 1. The summed E-state index contributed by atoms with van der Waals surface area (Å²) in [4.78, 5) is 36.9. The quantitative estimate of drug-likeness (QED) is 0.640. The van der Waals surface area contributed by atoms with Gasteiger partial charge in [0.25, 0.3) is 5.91 Å². The van der Waals surface area contributed by atoms with Crippen molar-refractivity contribution in [3.63, 3.8) is 0 Å². The highest BCUT2D eigenvalue weighted by atomic mass is 16.4. The van der Waals surface area contributed by atoms with Crippen molar-refractivity contribution in [1.29, 1.82) is 0 Å². The van der Waals surface area contributed by atoms with Gasteiger partial charge in [-0.1, -0.05) is 6.07 Å². The maximum absolute atomic E-state index is 12.9. The first-order valence-corrected chi connectivity index (χ1v) is 12.3. The summed E-state index contributed by atoms with van der Waals surface area (Å²) in [5, 5.41) is 12.4. The highest BCUT2D eigenvalue weighted by Gasteiger charge is 2.29. The van der Waals surface area contributed by atoms with Crippen LogP contribution in [0.15, 0.2) is 59.5 Å². The average molecular weight is 474 g/mol. The van der Waals surface area contributed by atoms with Gasteiger partial charge in [-0.2, -0.15) is 0 Å². The smallest absolute Gasteiger partial charge is 0.338 e. The number of amides is 1. The minimum atomic E-state index is -0.979. The SMILES string of the molecule is O=C(O)C1=CN(C2CCc3ccc(C(=O)NCCC4CCN(c5ccncc5)CC4)cc32)CN=C1. The predicted molar refractivity (Wildman–Crippen MR) is 135 cm³/mol. The molecule has 1 aromatic carbocycles. The summed E-state index contributed by atoms with van der Waals surface area (Å²) in [7, 11) is 0. The third-order valence-electron chi connectivity index (χ3n) is 7.36. The van der Waals surface area contributed by atoms with Gasteiger partial charge in [0.2, 0.25) is 0 Å². The highest BCUT2D eigenvalue weighted by Crippen LogP contribution is 2.37. The first-order chi connectivity index (χ1) is 17.1. The van der Waals surface area contributed by atoms with Crippen LogP contribution >= 0.6 is 0 Å². The number of carbonyl (C=O) groups excluding carboxylic acids is 1. The van der Waals surface area contributed by atoms with Gasteiger partial charge in [0.05, 0.1) is 11.6 Å². The van der Waals surface area contributed by atoms with Gasteiger partial charge in [-0.25, -0.2) is 4.79 Å². The molecule has 0 spiro atoms. The molecule has 3 aliphatic rings. The summed E-state index contributed by atoms with van der Waals surface area (Å²) in [6.45, 7) is 3.17. The number of nitrogens with one attached hydrogen (secondary N) is 1. The number of aliphatic imine (C=N–C) groups is 1. The normalized spacial score (nSPS) is 19.9. The monoisotopic (exact) mass is 473 g/mol. The van der Waals surface area contributed by atoms with Crippen LogP contribution in [0.2, 0.25) is 0 Å². The van der Waals surface area contributed by atoms with Gasteiger partial charge in [0.15, 0.2) is 0 Å². The van der Waals surface area contributed by atoms with Crippen LogP contribution in [-0.2, 0) is 11.2 Å². The van der Waals surface area contributed by atoms with Crippen molar-refractivity contribution in [2.24, 2.45) is 10.9 Å². The van der Waals surface area contributed by atoms with Gasteiger partial charge in [0, 0.05) is 55.7 Å². The molecule has 2 aromatic rings. The van der Waals surface area contributed by atoms with E-state index in [0.29, 0.717) is 24.7 Å². The minimum Gasteiger partial charge on any atom is -0.478 e. The molecule has 2 aliphatic heterocycles. The van der Waals surface area contributed by atoms with Gasteiger partial charge >= 0.3 is 5.97 Å². The Hall–Kier alpha value is -3.68. The molecule has 0 bridgehead atoms. The maximum atomic E-state index is 12.9. The number of rotatable bonds is 7. The number of carboxylic acid groups (broad SMARTS) is 1. The Morgan fingerprint density at radius 2 is 1.89 bits per heavy atom. The van der Waals surface area contributed by atoms with Crippen LogP contribution in [-0.4, -0.2) is 59.4 Å². The van der Waals surface area contributed by atoms with Crippen molar-refractivity contribution in [3.8, 4) is 0 Å². The molecular formula is C27H31N5O3. The van der Waals surface area contributed by atoms with E-state index in [1.165, 1.54) is 17.5 Å². The number of nitrogens with zero attached hydrogens (tertiary/aromatic N) is 4. The second-order valence-electron chi connectivity index (χ2n) is 9.51. The standard InChI is InChI=1S/C27H31N5O3/c33-26(30-12-5-19-8-13-31(14-9-19)23-6-10-28-11-7-23)21-2-1-20-3-4-25(24(20)15-21)32-17-22(27(34)35)16-29-18-32/h1-2,6-7,10-11,15-17,19,25H,3-5,8-9,12-14,18H2,(H,30,33)(H,34,35). The first-order valence-electron chi connectivity index (χ1n) is 12.3. The Morgan fingerprint density at radius 1 is 1.09 bits per heavy atom. The molecule has 8 nitrogen and oxygen atoms in total. The van der Waals surface area contributed by atoms with Crippen molar-refractivity contribution >= 4 is 23.8 Å². The van der Waals surface area contributed by atoms with Crippen LogP contribution in [0.5, 0.6) is 0 Å². The zero-order valence-corrected chi connectivity index (χ0v) is 19.8. The Balaban J connectivity index is 1.14. The number of anilines is 1. The Labute approximate surface area is 205 Å². The molecule has 0 radical (unpaired) electrons. The van der Waals surface area contributed by atoms with E-state index >= 15 is 0 Å². The first kappa shape index (κ1) is 23.1. The highest BCUT2D eigenvalue weighted by molar-refractivity contribution is 6.08. The number of hydrogen-bond donors (Lipinski definition) is 2.